The average Bonchev–Trinajstić information content (AvgIpc) is 2.84. The molecule has 1 aliphatic rings. The molecule has 4 heteroatoms. The van der Waals surface area contributed by atoms with Crippen molar-refractivity contribution in [3.05, 3.63) is 30.5 Å². The van der Waals surface area contributed by atoms with Gasteiger partial charge in [-0.2, -0.15) is 0 Å². The number of hydrogen-bond acceptors (Lipinski definition) is 4. The number of ether oxygens (including phenoxy) is 2. The van der Waals surface area contributed by atoms with Crippen molar-refractivity contribution in [3.63, 3.8) is 0 Å². The number of pyridine rings is 1. The van der Waals surface area contributed by atoms with Gasteiger partial charge in [0, 0.05) is 17.6 Å². The van der Waals surface area contributed by atoms with Crippen LogP contribution in [0.5, 0.6) is 11.6 Å². The lowest BCUT2D eigenvalue weighted by Crippen LogP contribution is -2.19. The van der Waals surface area contributed by atoms with E-state index in [1.165, 1.54) is 0 Å². The van der Waals surface area contributed by atoms with Gasteiger partial charge in [-0.25, -0.2) is 4.98 Å². The van der Waals surface area contributed by atoms with Crippen LogP contribution < -0.4 is 15.2 Å². The third-order valence-electron chi connectivity index (χ3n) is 3.64. The first-order valence-electron chi connectivity index (χ1n) is 6.61. The molecule has 1 fully saturated rings. The molecule has 0 aliphatic heterocycles. The number of nitrogens with two attached hydrogens (primary N) is 1. The number of benzene rings is 1. The summed E-state index contributed by atoms with van der Waals surface area (Å²) in [6.45, 7) is 0. The van der Waals surface area contributed by atoms with Crippen LogP contribution in [-0.2, 0) is 0 Å². The van der Waals surface area contributed by atoms with Gasteiger partial charge in [0.15, 0.2) is 0 Å². The molecule has 4 nitrogen and oxygen atoms in total. The lowest BCUT2D eigenvalue weighted by Gasteiger charge is -2.14. The number of rotatable bonds is 3. The first-order valence-corrected chi connectivity index (χ1v) is 6.61. The summed E-state index contributed by atoms with van der Waals surface area (Å²) in [4.78, 5) is 4.35. The molecule has 0 saturated heterocycles. The molecule has 2 N–H and O–H groups in total. The summed E-state index contributed by atoms with van der Waals surface area (Å²) >= 11 is 0. The molecule has 2 aromatic rings. The van der Waals surface area contributed by atoms with Crippen molar-refractivity contribution in [1.82, 2.24) is 4.98 Å². The molecule has 1 saturated carbocycles. The molecule has 3 rings (SSSR count). The minimum Gasteiger partial charge on any atom is -0.497 e. The molecular weight excluding hydrogens is 240 g/mol. The van der Waals surface area contributed by atoms with E-state index in [1.807, 2.05) is 24.3 Å². The molecule has 0 radical (unpaired) electrons. The molecule has 1 heterocycles. The van der Waals surface area contributed by atoms with Crippen LogP contribution >= 0.6 is 0 Å². The van der Waals surface area contributed by atoms with E-state index >= 15 is 0 Å². The maximum atomic E-state index is 6.00. The molecule has 0 spiro atoms. The van der Waals surface area contributed by atoms with E-state index < -0.39 is 0 Å². The van der Waals surface area contributed by atoms with Gasteiger partial charge >= 0.3 is 0 Å². The molecule has 0 amide bonds. The molecule has 2 unspecified atom stereocenters. The third kappa shape index (κ3) is 2.49. The minimum atomic E-state index is 0.190. The summed E-state index contributed by atoms with van der Waals surface area (Å²) in [5.41, 5.74) is 5.91. The van der Waals surface area contributed by atoms with Gasteiger partial charge in [0.25, 0.3) is 0 Å². The predicted molar refractivity (Wildman–Crippen MR) is 74.5 cm³/mol. The molecule has 0 bridgehead atoms. The fourth-order valence-electron chi connectivity index (χ4n) is 2.59. The van der Waals surface area contributed by atoms with E-state index in [0.29, 0.717) is 5.88 Å². The van der Waals surface area contributed by atoms with Gasteiger partial charge in [-0.15, -0.1) is 0 Å². The Bertz CT molecular complexity index is 585. The summed E-state index contributed by atoms with van der Waals surface area (Å²) in [5, 5.41) is 2.09. The molecule has 19 heavy (non-hydrogen) atoms. The van der Waals surface area contributed by atoms with Crippen molar-refractivity contribution in [1.29, 1.82) is 0 Å². The van der Waals surface area contributed by atoms with Crippen molar-refractivity contribution >= 4 is 10.8 Å². The number of aromatic nitrogens is 1. The standard InChI is InChI=1S/C15H18N2O2/c1-18-12-4-5-14-10(8-12)6-7-17-15(14)19-13-3-2-11(16)9-13/h4-8,11,13H,2-3,9,16H2,1H3. The van der Waals surface area contributed by atoms with Gasteiger partial charge in [-0.05, 0) is 48.9 Å². The van der Waals surface area contributed by atoms with E-state index in [-0.39, 0.29) is 12.1 Å². The van der Waals surface area contributed by atoms with Crippen molar-refractivity contribution in [2.24, 2.45) is 5.73 Å². The lowest BCUT2D eigenvalue weighted by atomic mass is 10.1. The summed E-state index contributed by atoms with van der Waals surface area (Å²) in [5.74, 6) is 1.53. The van der Waals surface area contributed by atoms with Gasteiger partial charge in [-0.1, -0.05) is 0 Å². The number of fused-ring (bicyclic) bond motifs is 1. The Morgan fingerprint density at radius 3 is 2.89 bits per heavy atom. The Balaban J connectivity index is 1.90. The van der Waals surface area contributed by atoms with Crippen molar-refractivity contribution in [3.8, 4) is 11.6 Å². The summed E-state index contributed by atoms with van der Waals surface area (Å²) in [7, 11) is 1.67. The second kappa shape index (κ2) is 5.05. The highest BCUT2D eigenvalue weighted by Gasteiger charge is 2.24. The third-order valence-corrected chi connectivity index (χ3v) is 3.64. The lowest BCUT2D eigenvalue weighted by molar-refractivity contribution is 0.203. The van der Waals surface area contributed by atoms with Crippen molar-refractivity contribution in [2.45, 2.75) is 31.4 Å². The second-order valence-corrected chi connectivity index (χ2v) is 5.02. The molecular formula is C15H18N2O2. The van der Waals surface area contributed by atoms with Gasteiger partial charge in [0.1, 0.15) is 11.9 Å². The summed E-state index contributed by atoms with van der Waals surface area (Å²) in [6, 6.07) is 8.14. The Morgan fingerprint density at radius 1 is 1.26 bits per heavy atom. The van der Waals surface area contributed by atoms with Gasteiger partial charge in [-0.3, -0.25) is 0 Å². The molecule has 1 aromatic carbocycles. The van der Waals surface area contributed by atoms with Crippen LogP contribution in [0.15, 0.2) is 30.5 Å². The fraction of sp³-hybridized carbons (Fsp3) is 0.400. The van der Waals surface area contributed by atoms with E-state index in [2.05, 4.69) is 4.98 Å². The van der Waals surface area contributed by atoms with Gasteiger partial charge in [0.05, 0.1) is 7.11 Å². The van der Waals surface area contributed by atoms with Crippen LogP contribution in [0.2, 0.25) is 0 Å². The number of methoxy groups -OCH3 is 1. The maximum Gasteiger partial charge on any atom is 0.221 e. The van der Waals surface area contributed by atoms with E-state index in [4.69, 9.17) is 15.2 Å². The molecule has 1 aromatic heterocycles. The first-order chi connectivity index (χ1) is 9.26. The Kier molecular flexibility index (Phi) is 3.25. The van der Waals surface area contributed by atoms with E-state index in [0.717, 1.165) is 35.8 Å². The smallest absolute Gasteiger partial charge is 0.221 e. The molecule has 100 valence electrons. The zero-order chi connectivity index (χ0) is 13.2. The van der Waals surface area contributed by atoms with Crippen LogP contribution in [0, 0.1) is 0 Å². The molecule has 1 aliphatic carbocycles. The van der Waals surface area contributed by atoms with Crippen molar-refractivity contribution < 1.29 is 9.47 Å². The van der Waals surface area contributed by atoms with Gasteiger partial charge < -0.3 is 15.2 Å². The zero-order valence-electron chi connectivity index (χ0n) is 11.0. The largest absolute Gasteiger partial charge is 0.497 e. The summed E-state index contributed by atoms with van der Waals surface area (Å²) in [6.07, 6.45) is 4.91. The minimum absolute atomic E-state index is 0.190. The molecule has 2 atom stereocenters. The van der Waals surface area contributed by atoms with Crippen LogP contribution in [-0.4, -0.2) is 24.2 Å². The quantitative estimate of drug-likeness (QED) is 0.919. The van der Waals surface area contributed by atoms with Gasteiger partial charge in [0.2, 0.25) is 5.88 Å². The van der Waals surface area contributed by atoms with E-state index in [9.17, 15) is 0 Å². The maximum absolute atomic E-state index is 6.00. The Morgan fingerprint density at radius 2 is 2.16 bits per heavy atom. The SMILES string of the molecule is COc1ccc2c(OC3CCC(N)C3)nccc2c1. The second-order valence-electron chi connectivity index (χ2n) is 5.02. The number of nitrogens with zero attached hydrogens (tertiary/aromatic N) is 1. The average molecular weight is 258 g/mol. The highest BCUT2D eigenvalue weighted by molar-refractivity contribution is 5.87. The highest BCUT2D eigenvalue weighted by atomic mass is 16.5. The monoisotopic (exact) mass is 258 g/mol. The predicted octanol–water partition coefficient (Wildman–Crippen LogP) is 2.50. The topological polar surface area (TPSA) is 57.4 Å². The number of hydrogen-bond donors (Lipinski definition) is 1. The zero-order valence-corrected chi connectivity index (χ0v) is 11.0. The summed E-state index contributed by atoms with van der Waals surface area (Å²) < 4.78 is 11.2. The van der Waals surface area contributed by atoms with E-state index in [1.54, 1.807) is 13.3 Å². The van der Waals surface area contributed by atoms with Crippen LogP contribution in [0.1, 0.15) is 19.3 Å². The first kappa shape index (κ1) is 12.2. The van der Waals surface area contributed by atoms with Crippen LogP contribution in [0.4, 0.5) is 0 Å². The highest BCUT2D eigenvalue weighted by Crippen LogP contribution is 2.30. The van der Waals surface area contributed by atoms with Crippen LogP contribution in [0.3, 0.4) is 0 Å². The van der Waals surface area contributed by atoms with Crippen molar-refractivity contribution in [2.75, 3.05) is 7.11 Å². The Hall–Kier alpha value is -1.81. The van der Waals surface area contributed by atoms with Crippen LogP contribution in [0.25, 0.3) is 10.8 Å². The fourth-order valence-corrected chi connectivity index (χ4v) is 2.59. The normalized spacial score (nSPS) is 22.6. The Labute approximate surface area is 112 Å².